The van der Waals surface area contributed by atoms with E-state index in [0.717, 1.165) is 97.1 Å². The number of rotatable bonds is 26. The molecule has 0 aromatic heterocycles. The number of hydroxylamine groups is 2. The van der Waals surface area contributed by atoms with Gasteiger partial charge < -0.3 is 68.2 Å². The van der Waals surface area contributed by atoms with Crippen LogP contribution < -0.4 is 24.8 Å². The van der Waals surface area contributed by atoms with Gasteiger partial charge in [0.25, 0.3) is 25.7 Å². The summed E-state index contributed by atoms with van der Waals surface area (Å²) in [6.07, 6.45) is 3.83. The van der Waals surface area contributed by atoms with E-state index in [4.69, 9.17) is 57.0 Å². The molecule has 6 aliphatic rings. The van der Waals surface area contributed by atoms with Gasteiger partial charge in [0, 0.05) is 12.1 Å². The van der Waals surface area contributed by atoms with Gasteiger partial charge in [0.15, 0.2) is 12.6 Å². The maximum absolute atomic E-state index is 13.8. The molecule has 0 radical (unpaired) electrons. The first-order valence-electron chi connectivity index (χ1n) is 34.1. The lowest BCUT2D eigenvalue weighted by molar-refractivity contribution is -0.384. The standard InChI is InChI=1S/C30H40N2O9S.C28H40N2O7S.C13H13NO7/c1-37-22-12-14-24(15-13-22)42(35,36)32(41-23-10-6-3-7-11-23)19-27(33)26(18-21-8-4-2-5-9-21)31-30(34)40-28-20-39-29-25(28)16-17-38-29;1-28(2,3)36-27(32)29-25(19-21-11-7-5-8-12-21)26(31)20-30(37-23-13-9-6-10-14-23)38(33,34)24-17-15-22(35-4)16-18-24;15-13(20-9-3-1-8(2-4-9)14(16)17)21-11-7-19-12-10(11)5-6-18-12/h2,4-5,8-9,12-15,23,25-29,33H,3,6-7,10-11,16-20H2,1H3,(H,31,34);5,7-8,11-12,15-18,23,25-26,31H,6,9-10,13-14,19-20H2,1-4H3,(H,29,32);1-4,10-12H,5-7H2/t25-,26-,27+,28?,29+;25-,26+;10-,11-,12+/m000/s1. The van der Waals surface area contributed by atoms with Crippen molar-refractivity contribution in [3.8, 4) is 17.2 Å². The van der Waals surface area contributed by atoms with Crippen molar-refractivity contribution >= 4 is 44.1 Å². The van der Waals surface area contributed by atoms with Crippen LogP contribution in [-0.4, -0.2) is 180 Å². The molecule has 4 aliphatic heterocycles. The number of hydrogen-bond acceptors (Lipinski definition) is 23. The first-order chi connectivity index (χ1) is 48.4. The van der Waals surface area contributed by atoms with Gasteiger partial charge in [0.05, 0.1) is 117 Å². The van der Waals surface area contributed by atoms with Crippen molar-refractivity contribution in [3.63, 3.8) is 0 Å². The number of nitrogens with zero attached hydrogens (tertiary/aromatic N) is 3. The number of aliphatic hydroxyl groups excluding tert-OH is 2. The molecule has 6 fully saturated rings. The number of carbonyl (C=O) groups is 3. The number of nitro groups is 1. The Labute approximate surface area is 589 Å². The van der Waals surface area contributed by atoms with Gasteiger partial charge in [-0.1, -0.05) is 108 Å². The summed E-state index contributed by atoms with van der Waals surface area (Å²) >= 11 is 0. The smallest absolute Gasteiger partial charge is 0.497 e. The van der Waals surface area contributed by atoms with E-state index < -0.39 is 85.9 Å². The van der Waals surface area contributed by atoms with E-state index in [-0.39, 0.29) is 96.6 Å². The molecule has 5 aromatic carbocycles. The van der Waals surface area contributed by atoms with E-state index in [0.29, 0.717) is 24.7 Å². The minimum absolute atomic E-state index is 0.00728. The van der Waals surface area contributed by atoms with E-state index in [1.807, 2.05) is 60.7 Å². The summed E-state index contributed by atoms with van der Waals surface area (Å²) in [6, 6.07) is 34.2. The number of fused-ring (bicyclic) bond motifs is 2. The number of aliphatic hydroxyl groups is 2. The number of ether oxygens (including phenoxy) is 10. The molecule has 11 rings (SSSR count). The number of amides is 2. The van der Waals surface area contributed by atoms with Crippen LogP contribution >= 0.6 is 0 Å². The van der Waals surface area contributed by atoms with Crippen LogP contribution in [-0.2, 0) is 75.7 Å². The maximum Gasteiger partial charge on any atom is 0.514 e. The molecule has 4 N–H and O–H groups in total. The van der Waals surface area contributed by atoms with Crippen LogP contribution in [0.2, 0.25) is 0 Å². The summed E-state index contributed by atoms with van der Waals surface area (Å²) in [7, 11) is -5.29. The molecular weight excluding hydrogens is 1350 g/mol. The Morgan fingerprint density at radius 2 is 0.960 bits per heavy atom. The predicted octanol–water partition coefficient (Wildman–Crippen LogP) is 9.73. The van der Waals surface area contributed by atoms with Crippen LogP contribution in [0.5, 0.6) is 17.2 Å². The number of sulfonamides is 2. The fraction of sp³-hybridized carbons (Fsp3) is 0.535. The molecular formula is C71H93N5O23S2. The van der Waals surface area contributed by atoms with Gasteiger partial charge in [-0.25, -0.2) is 31.2 Å². The van der Waals surface area contributed by atoms with Crippen molar-refractivity contribution in [1.29, 1.82) is 0 Å². The molecule has 5 aromatic rings. The van der Waals surface area contributed by atoms with E-state index in [1.54, 1.807) is 45.0 Å². The molecule has 2 saturated carbocycles. The number of hydrogen-bond donors (Lipinski definition) is 4. The largest absolute Gasteiger partial charge is 0.514 e. The Balaban J connectivity index is 0.000000186. The lowest BCUT2D eigenvalue weighted by Gasteiger charge is -2.33. The van der Waals surface area contributed by atoms with E-state index in [2.05, 4.69) is 10.6 Å². The van der Waals surface area contributed by atoms with Crippen molar-refractivity contribution in [2.75, 3.05) is 53.7 Å². The third kappa shape index (κ3) is 23.0. The molecule has 30 heteroatoms. The average Bonchev–Trinajstić information content (AvgIpc) is 0.956. The lowest BCUT2D eigenvalue weighted by atomic mass is 9.98. The average molecular weight is 1450 g/mol. The van der Waals surface area contributed by atoms with E-state index in [1.165, 1.54) is 62.8 Å². The Morgan fingerprint density at radius 3 is 1.37 bits per heavy atom. The number of alkyl carbamates (subject to hydrolysis) is 2. The van der Waals surface area contributed by atoms with Crippen molar-refractivity contribution < 1.29 is 103 Å². The zero-order valence-corrected chi connectivity index (χ0v) is 59.0. The highest BCUT2D eigenvalue weighted by Gasteiger charge is 2.46. The minimum Gasteiger partial charge on any atom is -0.497 e. The number of nitrogens with one attached hydrogen (secondary N) is 2. The number of benzene rings is 5. The Kier molecular flexibility index (Phi) is 28.4. The van der Waals surface area contributed by atoms with Crippen LogP contribution in [0.1, 0.15) is 109 Å². The quantitative estimate of drug-likeness (QED) is 0.0131. The highest BCUT2D eigenvalue weighted by Crippen LogP contribution is 2.36. The predicted molar refractivity (Wildman–Crippen MR) is 364 cm³/mol. The Morgan fingerprint density at radius 1 is 0.554 bits per heavy atom. The summed E-state index contributed by atoms with van der Waals surface area (Å²) < 4.78 is 110. The van der Waals surface area contributed by atoms with Crippen LogP contribution in [0.4, 0.5) is 20.1 Å². The summed E-state index contributed by atoms with van der Waals surface area (Å²) in [5, 5.41) is 38.9. The fourth-order valence-electron chi connectivity index (χ4n) is 12.4. The number of methoxy groups -OCH3 is 2. The molecule has 10 atom stereocenters. The normalized spacial score (nSPS) is 22.0. The van der Waals surface area contributed by atoms with Gasteiger partial charge in [-0.05, 0) is 144 Å². The van der Waals surface area contributed by atoms with Gasteiger partial charge in [-0.3, -0.25) is 19.8 Å². The summed E-state index contributed by atoms with van der Waals surface area (Å²) in [4.78, 5) is 59.5. The molecule has 2 amide bonds. The zero-order valence-electron chi connectivity index (χ0n) is 57.4. The van der Waals surface area contributed by atoms with Gasteiger partial charge in [-0.2, -0.15) is 0 Å². The third-order valence-corrected chi connectivity index (χ3v) is 21.1. The Bertz CT molecular complexity index is 3640. The van der Waals surface area contributed by atoms with Crippen LogP contribution in [0.15, 0.2) is 143 Å². The second kappa shape index (κ2) is 37.0. The minimum atomic E-state index is -4.16. The zero-order chi connectivity index (χ0) is 72.1. The first kappa shape index (κ1) is 77.6. The molecule has 552 valence electrons. The second-order valence-electron chi connectivity index (χ2n) is 26.3. The van der Waals surface area contributed by atoms with Gasteiger partial charge in [-0.15, -0.1) is 0 Å². The topological polar surface area (TPSA) is 344 Å². The van der Waals surface area contributed by atoms with Crippen LogP contribution in [0.25, 0.3) is 0 Å². The number of carbonyl (C=O) groups excluding carboxylic acids is 3. The maximum atomic E-state index is 13.8. The number of nitro benzene ring substituents is 1. The molecule has 2 aliphatic carbocycles. The van der Waals surface area contributed by atoms with Crippen molar-refractivity contribution in [1.82, 2.24) is 19.6 Å². The van der Waals surface area contributed by atoms with Crippen molar-refractivity contribution in [3.05, 3.63) is 155 Å². The first-order valence-corrected chi connectivity index (χ1v) is 37.0. The highest BCUT2D eigenvalue weighted by molar-refractivity contribution is 7.89. The molecule has 1 unspecified atom stereocenters. The second-order valence-corrected chi connectivity index (χ2v) is 30.0. The molecule has 0 spiro atoms. The molecule has 0 bridgehead atoms. The molecule has 4 heterocycles. The van der Waals surface area contributed by atoms with E-state index in [9.17, 15) is 51.5 Å². The lowest BCUT2D eigenvalue weighted by Crippen LogP contribution is -2.52. The number of non-ortho nitro benzene ring substituents is 1. The van der Waals surface area contributed by atoms with Crippen molar-refractivity contribution in [2.45, 2.75) is 187 Å². The SMILES string of the molecule is COc1ccc(S(=O)(=O)N(C[C@@H](O)[C@H](Cc2ccccc2)NC(=O)OC(C)(C)C)OC2CCCCC2)cc1.COc1ccc(S(=O)(=O)N(C[C@@H](O)[C@H](Cc2ccccc2)NC(=O)OC2CO[C@H]3OCC[C@@H]23)OC2CCCCC2)cc1.O=C(Oc1ccc([N+](=O)[O-])cc1)O[C@H]1CO[C@H]2OCC[C@H]21. The Hall–Kier alpha value is -7.59. The molecule has 28 nitrogen and oxygen atoms in total. The van der Waals surface area contributed by atoms with E-state index >= 15 is 0 Å². The van der Waals surface area contributed by atoms with Crippen LogP contribution in [0, 0.1) is 22.0 Å². The summed E-state index contributed by atoms with van der Waals surface area (Å²) in [5.74, 6) is 1.22. The van der Waals surface area contributed by atoms with Crippen molar-refractivity contribution in [2.24, 2.45) is 11.8 Å². The fourth-order valence-corrected chi connectivity index (χ4v) is 15.0. The highest BCUT2D eigenvalue weighted by atomic mass is 32.2. The van der Waals surface area contributed by atoms with Gasteiger partial charge in [0.1, 0.15) is 35.1 Å². The van der Waals surface area contributed by atoms with Crippen LogP contribution in [0.3, 0.4) is 0 Å². The summed E-state index contributed by atoms with van der Waals surface area (Å²) in [5.41, 5.74) is 0.907. The van der Waals surface area contributed by atoms with Gasteiger partial charge in [0.2, 0.25) is 0 Å². The van der Waals surface area contributed by atoms with Gasteiger partial charge >= 0.3 is 18.3 Å². The summed E-state index contributed by atoms with van der Waals surface area (Å²) in [6.45, 7) is 6.12. The molecule has 4 saturated heterocycles. The monoisotopic (exact) mass is 1450 g/mol. The molecule has 101 heavy (non-hydrogen) atoms. The third-order valence-electron chi connectivity index (χ3n) is 17.8.